The van der Waals surface area contributed by atoms with E-state index in [4.69, 9.17) is 16.3 Å². The molecule has 0 aliphatic carbocycles. The molecule has 0 saturated carbocycles. The Morgan fingerprint density at radius 1 is 1.19 bits per heavy atom. The summed E-state index contributed by atoms with van der Waals surface area (Å²) in [4.78, 5) is 16.9. The van der Waals surface area contributed by atoms with Crippen LogP contribution in [0.3, 0.4) is 0 Å². The van der Waals surface area contributed by atoms with Gasteiger partial charge in [0.25, 0.3) is 5.91 Å². The van der Waals surface area contributed by atoms with Crippen LogP contribution in [0.2, 0.25) is 5.02 Å². The zero-order valence-corrected chi connectivity index (χ0v) is 15.7. The molecule has 3 aromatic rings. The van der Waals surface area contributed by atoms with Gasteiger partial charge in [0.15, 0.2) is 0 Å². The number of carbonyl (C=O) groups excluding carboxylic acids is 1. The van der Waals surface area contributed by atoms with E-state index in [1.54, 1.807) is 0 Å². The third kappa shape index (κ3) is 4.04. The van der Waals surface area contributed by atoms with Gasteiger partial charge in [-0.2, -0.15) is 0 Å². The van der Waals surface area contributed by atoms with Crippen LogP contribution < -0.4 is 10.6 Å². The highest BCUT2D eigenvalue weighted by atomic mass is 35.5. The fourth-order valence-corrected chi connectivity index (χ4v) is 3.45. The molecule has 0 unspecified atom stereocenters. The Morgan fingerprint density at radius 2 is 2.07 bits per heavy atom. The summed E-state index contributed by atoms with van der Waals surface area (Å²) in [7, 11) is 0. The molecule has 2 N–H and O–H groups in total. The van der Waals surface area contributed by atoms with Crippen molar-refractivity contribution < 1.29 is 9.53 Å². The van der Waals surface area contributed by atoms with Gasteiger partial charge >= 0.3 is 0 Å². The highest BCUT2D eigenvalue weighted by Crippen LogP contribution is 2.26. The number of hydrogen-bond acceptors (Lipinski definition) is 4. The molecule has 6 heteroatoms. The second kappa shape index (κ2) is 7.55. The van der Waals surface area contributed by atoms with E-state index in [2.05, 4.69) is 15.6 Å². The van der Waals surface area contributed by atoms with Crippen LogP contribution in [-0.2, 0) is 9.53 Å². The van der Waals surface area contributed by atoms with Crippen molar-refractivity contribution in [3.05, 3.63) is 59.1 Å². The molecule has 0 bridgehead atoms. The van der Waals surface area contributed by atoms with Gasteiger partial charge in [-0.25, -0.2) is 4.98 Å². The number of ether oxygens (including phenoxy) is 1. The maximum absolute atomic E-state index is 12.2. The molecule has 1 aromatic heterocycles. The summed E-state index contributed by atoms with van der Waals surface area (Å²) in [6.07, 6.45) is 1.36. The molecule has 1 fully saturated rings. The number of aryl methyl sites for hydroxylation is 1. The average Bonchev–Trinajstić information content (AvgIpc) is 3.17. The van der Waals surface area contributed by atoms with Crippen LogP contribution in [0, 0.1) is 6.92 Å². The van der Waals surface area contributed by atoms with Crippen molar-refractivity contribution in [3.8, 4) is 0 Å². The zero-order valence-electron chi connectivity index (χ0n) is 15.0. The first-order valence-corrected chi connectivity index (χ1v) is 9.33. The van der Waals surface area contributed by atoms with Crippen molar-refractivity contribution in [2.75, 3.05) is 17.2 Å². The van der Waals surface area contributed by atoms with E-state index < -0.39 is 0 Å². The minimum Gasteiger partial charge on any atom is -0.368 e. The number of benzene rings is 2. The lowest BCUT2D eigenvalue weighted by Gasteiger charge is -2.13. The highest BCUT2D eigenvalue weighted by Gasteiger charge is 2.23. The first-order valence-electron chi connectivity index (χ1n) is 8.95. The lowest BCUT2D eigenvalue weighted by Crippen LogP contribution is -2.26. The van der Waals surface area contributed by atoms with Crippen LogP contribution in [0.1, 0.15) is 18.4 Å². The maximum atomic E-state index is 12.2. The maximum Gasteiger partial charge on any atom is 0.253 e. The smallest absolute Gasteiger partial charge is 0.253 e. The average molecular weight is 382 g/mol. The number of carbonyl (C=O) groups is 1. The van der Waals surface area contributed by atoms with Gasteiger partial charge in [0.1, 0.15) is 11.9 Å². The molecule has 1 atom stereocenters. The van der Waals surface area contributed by atoms with Crippen LogP contribution in [0.5, 0.6) is 0 Å². The Balaban J connectivity index is 1.57. The van der Waals surface area contributed by atoms with Crippen LogP contribution in [0.15, 0.2) is 48.5 Å². The quantitative estimate of drug-likeness (QED) is 0.663. The zero-order chi connectivity index (χ0) is 18.8. The van der Waals surface area contributed by atoms with Gasteiger partial charge in [0.05, 0.1) is 5.52 Å². The second-order valence-electron chi connectivity index (χ2n) is 6.68. The van der Waals surface area contributed by atoms with Crippen molar-refractivity contribution >= 4 is 45.6 Å². The topological polar surface area (TPSA) is 63.2 Å². The molecule has 5 nitrogen and oxygen atoms in total. The standard InChI is InChI=1S/C21H20ClN3O2/c1-13-10-20(23-15-5-2-4-14(22)11-15)25-18-8-7-16(12-17(13)18)24-21(26)19-6-3-9-27-19/h2,4-5,7-8,10-12,19H,3,6,9H2,1H3,(H,23,25)(H,24,26)/t19-/m0/s1. The van der Waals surface area contributed by atoms with Crippen molar-refractivity contribution in [1.82, 2.24) is 4.98 Å². The largest absolute Gasteiger partial charge is 0.368 e. The van der Waals surface area contributed by atoms with Gasteiger partial charge in [-0.15, -0.1) is 0 Å². The van der Waals surface area contributed by atoms with Crippen molar-refractivity contribution in [1.29, 1.82) is 0 Å². The summed E-state index contributed by atoms with van der Waals surface area (Å²) in [5.74, 6) is 0.662. The Morgan fingerprint density at radius 3 is 2.85 bits per heavy atom. The predicted octanol–water partition coefficient (Wildman–Crippen LogP) is 5.06. The summed E-state index contributed by atoms with van der Waals surface area (Å²) >= 11 is 6.04. The number of aromatic nitrogens is 1. The molecule has 0 radical (unpaired) electrons. The third-order valence-electron chi connectivity index (χ3n) is 4.60. The van der Waals surface area contributed by atoms with Crippen molar-refractivity contribution in [3.63, 3.8) is 0 Å². The first-order chi connectivity index (χ1) is 13.1. The number of nitrogens with zero attached hydrogens (tertiary/aromatic N) is 1. The number of anilines is 3. The Kier molecular flexibility index (Phi) is 4.97. The van der Waals surface area contributed by atoms with E-state index in [9.17, 15) is 4.79 Å². The van der Waals surface area contributed by atoms with E-state index >= 15 is 0 Å². The Labute approximate surface area is 162 Å². The summed E-state index contributed by atoms with van der Waals surface area (Å²) in [5, 5.41) is 7.89. The summed E-state index contributed by atoms with van der Waals surface area (Å²) in [6, 6.07) is 15.2. The van der Waals surface area contributed by atoms with E-state index in [-0.39, 0.29) is 12.0 Å². The molecule has 1 saturated heterocycles. The molecule has 2 heterocycles. The number of pyridine rings is 1. The first kappa shape index (κ1) is 17.8. The molecule has 1 aliphatic rings. The van der Waals surface area contributed by atoms with Gasteiger partial charge < -0.3 is 15.4 Å². The molecule has 2 aromatic carbocycles. The number of halogens is 1. The molecular weight excluding hydrogens is 362 g/mol. The molecule has 27 heavy (non-hydrogen) atoms. The fourth-order valence-electron chi connectivity index (χ4n) is 3.26. The molecule has 1 amide bonds. The number of hydrogen-bond donors (Lipinski definition) is 2. The Hall–Kier alpha value is -2.63. The fraction of sp³-hybridized carbons (Fsp3) is 0.238. The summed E-state index contributed by atoms with van der Waals surface area (Å²) < 4.78 is 5.44. The van der Waals surface area contributed by atoms with Crippen LogP contribution in [0.4, 0.5) is 17.2 Å². The normalized spacial score (nSPS) is 16.4. The molecule has 4 rings (SSSR count). The number of rotatable bonds is 4. The highest BCUT2D eigenvalue weighted by molar-refractivity contribution is 6.30. The van der Waals surface area contributed by atoms with E-state index in [0.717, 1.165) is 46.5 Å². The second-order valence-corrected chi connectivity index (χ2v) is 7.12. The van der Waals surface area contributed by atoms with E-state index in [1.807, 2.05) is 55.5 Å². The lowest BCUT2D eigenvalue weighted by atomic mass is 10.1. The minimum atomic E-state index is -0.343. The van der Waals surface area contributed by atoms with Gasteiger partial charge in [-0.1, -0.05) is 17.7 Å². The number of fused-ring (bicyclic) bond motifs is 1. The van der Waals surface area contributed by atoms with Crippen LogP contribution in [-0.4, -0.2) is 23.6 Å². The number of amides is 1. The third-order valence-corrected chi connectivity index (χ3v) is 4.84. The molecule has 0 spiro atoms. The van der Waals surface area contributed by atoms with Gasteiger partial charge in [0, 0.05) is 28.4 Å². The molecule has 1 aliphatic heterocycles. The summed E-state index contributed by atoms with van der Waals surface area (Å²) in [6.45, 7) is 2.68. The van der Waals surface area contributed by atoms with E-state index in [0.29, 0.717) is 11.6 Å². The molecule has 138 valence electrons. The SMILES string of the molecule is Cc1cc(Nc2cccc(Cl)c2)nc2ccc(NC(=O)[C@@H]3CCCO3)cc12. The van der Waals surface area contributed by atoms with E-state index in [1.165, 1.54) is 0 Å². The van der Waals surface area contributed by atoms with Crippen LogP contribution >= 0.6 is 11.6 Å². The van der Waals surface area contributed by atoms with Crippen LogP contribution in [0.25, 0.3) is 10.9 Å². The number of nitrogens with one attached hydrogen (secondary N) is 2. The monoisotopic (exact) mass is 381 g/mol. The van der Waals surface area contributed by atoms with Crippen molar-refractivity contribution in [2.45, 2.75) is 25.9 Å². The van der Waals surface area contributed by atoms with Gasteiger partial charge in [0.2, 0.25) is 0 Å². The molecular formula is C21H20ClN3O2. The minimum absolute atomic E-state index is 0.0864. The lowest BCUT2D eigenvalue weighted by molar-refractivity contribution is -0.124. The van der Waals surface area contributed by atoms with Gasteiger partial charge in [-0.05, 0) is 67.8 Å². The van der Waals surface area contributed by atoms with Crippen molar-refractivity contribution in [2.24, 2.45) is 0 Å². The predicted molar refractivity (Wildman–Crippen MR) is 109 cm³/mol. The van der Waals surface area contributed by atoms with Gasteiger partial charge in [-0.3, -0.25) is 4.79 Å². The summed E-state index contributed by atoms with van der Waals surface area (Å²) in [5.41, 5.74) is 3.56. The Bertz CT molecular complexity index is 1000.